The lowest BCUT2D eigenvalue weighted by Gasteiger charge is -2.25. The molecule has 0 saturated carbocycles. The SMILES string of the molecule is CC(C)(C)c1ccc2c(c1)C(CN)N(Cc1ccc(F)cc1)C2. The number of nitrogens with zero attached hydrogens (tertiary/aromatic N) is 1. The third kappa shape index (κ3) is 3.31. The molecule has 2 N–H and O–H groups in total. The highest BCUT2D eigenvalue weighted by Crippen LogP contribution is 2.37. The molecular weight excluding hydrogens is 287 g/mol. The normalized spacial score (nSPS) is 18.2. The van der Waals surface area contributed by atoms with Crippen molar-refractivity contribution in [2.75, 3.05) is 6.54 Å². The van der Waals surface area contributed by atoms with Gasteiger partial charge in [-0.15, -0.1) is 0 Å². The van der Waals surface area contributed by atoms with Gasteiger partial charge in [0.2, 0.25) is 0 Å². The summed E-state index contributed by atoms with van der Waals surface area (Å²) in [6.07, 6.45) is 0. The molecule has 1 unspecified atom stereocenters. The van der Waals surface area contributed by atoms with Crippen LogP contribution in [0.1, 0.15) is 49.1 Å². The molecule has 3 heteroatoms. The first-order valence-corrected chi connectivity index (χ1v) is 8.20. The zero-order chi connectivity index (χ0) is 16.6. The monoisotopic (exact) mass is 312 g/mol. The Morgan fingerprint density at radius 2 is 1.83 bits per heavy atom. The Morgan fingerprint density at radius 3 is 2.43 bits per heavy atom. The van der Waals surface area contributed by atoms with Gasteiger partial charge in [0.1, 0.15) is 5.82 Å². The van der Waals surface area contributed by atoms with Crippen molar-refractivity contribution < 1.29 is 4.39 Å². The van der Waals surface area contributed by atoms with Gasteiger partial charge in [0.05, 0.1) is 0 Å². The average Bonchev–Trinajstić information content (AvgIpc) is 2.84. The average molecular weight is 312 g/mol. The summed E-state index contributed by atoms with van der Waals surface area (Å²) in [6, 6.07) is 13.8. The molecule has 2 nitrogen and oxygen atoms in total. The molecule has 0 bridgehead atoms. The Hall–Kier alpha value is -1.71. The zero-order valence-electron chi connectivity index (χ0n) is 14.1. The summed E-state index contributed by atoms with van der Waals surface area (Å²) >= 11 is 0. The standard InChI is InChI=1S/C20H25FN2/c1-20(2,3)16-7-6-15-13-23(19(11-22)18(15)10-16)12-14-4-8-17(21)9-5-14/h4-10,19H,11-13,22H2,1-3H3. The van der Waals surface area contributed by atoms with Gasteiger partial charge < -0.3 is 5.73 Å². The van der Waals surface area contributed by atoms with Crippen LogP contribution in [0.3, 0.4) is 0 Å². The molecule has 0 saturated heterocycles. The largest absolute Gasteiger partial charge is 0.329 e. The van der Waals surface area contributed by atoms with Gasteiger partial charge in [-0.05, 0) is 39.8 Å². The summed E-state index contributed by atoms with van der Waals surface area (Å²) in [5.74, 6) is -0.191. The topological polar surface area (TPSA) is 29.3 Å². The molecule has 0 spiro atoms. The second-order valence-electron chi connectivity index (χ2n) is 7.45. The maximum absolute atomic E-state index is 13.1. The number of hydrogen-bond donors (Lipinski definition) is 1. The molecule has 3 rings (SSSR count). The molecular formula is C20H25FN2. The molecule has 23 heavy (non-hydrogen) atoms. The van der Waals surface area contributed by atoms with Crippen LogP contribution in [-0.2, 0) is 18.5 Å². The Labute approximate surface area is 138 Å². The number of halogens is 1. The van der Waals surface area contributed by atoms with Crippen molar-refractivity contribution in [3.8, 4) is 0 Å². The molecule has 2 aromatic carbocycles. The van der Waals surface area contributed by atoms with E-state index in [1.54, 1.807) is 0 Å². The first kappa shape index (κ1) is 16.2. The maximum atomic E-state index is 13.1. The summed E-state index contributed by atoms with van der Waals surface area (Å²) < 4.78 is 13.1. The zero-order valence-corrected chi connectivity index (χ0v) is 14.1. The van der Waals surface area contributed by atoms with Crippen LogP contribution in [0.4, 0.5) is 4.39 Å². The van der Waals surface area contributed by atoms with Gasteiger partial charge in [-0.25, -0.2) is 4.39 Å². The van der Waals surface area contributed by atoms with Crippen molar-refractivity contribution >= 4 is 0 Å². The molecule has 0 amide bonds. The van der Waals surface area contributed by atoms with Crippen LogP contribution < -0.4 is 5.73 Å². The van der Waals surface area contributed by atoms with Crippen molar-refractivity contribution in [3.63, 3.8) is 0 Å². The lowest BCUT2D eigenvalue weighted by Crippen LogP contribution is -2.27. The van der Waals surface area contributed by atoms with Crippen LogP contribution in [0.2, 0.25) is 0 Å². The minimum atomic E-state index is -0.191. The van der Waals surface area contributed by atoms with Gasteiger partial charge in [0, 0.05) is 25.7 Å². The van der Waals surface area contributed by atoms with E-state index in [4.69, 9.17) is 5.73 Å². The molecule has 1 atom stereocenters. The van der Waals surface area contributed by atoms with E-state index in [0.717, 1.165) is 18.7 Å². The molecule has 1 aliphatic heterocycles. The van der Waals surface area contributed by atoms with E-state index < -0.39 is 0 Å². The van der Waals surface area contributed by atoms with Crippen molar-refractivity contribution in [1.82, 2.24) is 4.90 Å². The number of benzene rings is 2. The van der Waals surface area contributed by atoms with E-state index in [1.807, 2.05) is 12.1 Å². The van der Waals surface area contributed by atoms with E-state index in [-0.39, 0.29) is 17.3 Å². The van der Waals surface area contributed by atoms with Gasteiger partial charge in [-0.1, -0.05) is 51.1 Å². The predicted octanol–water partition coefficient (Wildman–Crippen LogP) is 4.14. The molecule has 0 aromatic heterocycles. The number of rotatable bonds is 3. The van der Waals surface area contributed by atoms with Crippen molar-refractivity contribution in [3.05, 3.63) is 70.5 Å². The Balaban J connectivity index is 1.86. The first-order chi connectivity index (χ1) is 10.9. The fourth-order valence-electron chi connectivity index (χ4n) is 3.31. The fourth-order valence-corrected chi connectivity index (χ4v) is 3.31. The predicted molar refractivity (Wildman–Crippen MR) is 92.6 cm³/mol. The minimum absolute atomic E-state index is 0.137. The van der Waals surface area contributed by atoms with Gasteiger partial charge >= 0.3 is 0 Å². The van der Waals surface area contributed by atoms with Crippen molar-refractivity contribution in [2.24, 2.45) is 5.73 Å². The molecule has 0 fully saturated rings. The minimum Gasteiger partial charge on any atom is -0.329 e. The lowest BCUT2D eigenvalue weighted by molar-refractivity contribution is 0.211. The summed E-state index contributed by atoms with van der Waals surface area (Å²) in [5, 5.41) is 0. The Bertz CT molecular complexity index is 686. The van der Waals surface area contributed by atoms with Crippen LogP contribution in [0.15, 0.2) is 42.5 Å². The number of nitrogens with two attached hydrogens (primary N) is 1. The van der Waals surface area contributed by atoms with Gasteiger partial charge in [-0.2, -0.15) is 0 Å². The van der Waals surface area contributed by atoms with Gasteiger partial charge in [0.15, 0.2) is 0 Å². The van der Waals surface area contributed by atoms with Crippen LogP contribution in [0.5, 0.6) is 0 Å². The van der Waals surface area contributed by atoms with Crippen molar-refractivity contribution in [1.29, 1.82) is 0 Å². The summed E-state index contributed by atoms with van der Waals surface area (Å²) in [4.78, 5) is 2.38. The lowest BCUT2D eigenvalue weighted by atomic mass is 9.85. The van der Waals surface area contributed by atoms with Crippen LogP contribution in [-0.4, -0.2) is 11.4 Å². The third-order valence-corrected chi connectivity index (χ3v) is 4.71. The highest BCUT2D eigenvalue weighted by Gasteiger charge is 2.30. The maximum Gasteiger partial charge on any atom is 0.123 e. The van der Waals surface area contributed by atoms with Gasteiger partial charge in [-0.3, -0.25) is 4.90 Å². The number of fused-ring (bicyclic) bond motifs is 1. The Kier molecular flexibility index (Phi) is 4.26. The van der Waals surface area contributed by atoms with Crippen molar-refractivity contribution in [2.45, 2.75) is 45.3 Å². The van der Waals surface area contributed by atoms with E-state index in [0.29, 0.717) is 6.54 Å². The molecule has 2 aromatic rings. The van der Waals surface area contributed by atoms with Crippen LogP contribution >= 0.6 is 0 Å². The third-order valence-electron chi connectivity index (χ3n) is 4.71. The molecule has 0 aliphatic carbocycles. The quantitative estimate of drug-likeness (QED) is 0.923. The summed E-state index contributed by atoms with van der Waals surface area (Å²) in [5.41, 5.74) is 11.4. The number of hydrogen-bond acceptors (Lipinski definition) is 2. The highest BCUT2D eigenvalue weighted by atomic mass is 19.1. The Morgan fingerprint density at radius 1 is 1.13 bits per heavy atom. The second-order valence-corrected chi connectivity index (χ2v) is 7.45. The van der Waals surface area contributed by atoms with E-state index in [1.165, 1.54) is 28.8 Å². The smallest absolute Gasteiger partial charge is 0.123 e. The second kappa shape index (κ2) is 6.06. The van der Waals surface area contributed by atoms with Crippen LogP contribution in [0.25, 0.3) is 0 Å². The van der Waals surface area contributed by atoms with Crippen LogP contribution in [0, 0.1) is 5.82 Å². The summed E-state index contributed by atoms with van der Waals surface area (Å²) in [7, 11) is 0. The van der Waals surface area contributed by atoms with E-state index in [9.17, 15) is 4.39 Å². The molecule has 1 heterocycles. The molecule has 0 radical (unpaired) electrons. The fraction of sp³-hybridized carbons (Fsp3) is 0.400. The van der Waals surface area contributed by atoms with Gasteiger partial charge in [0.25, 0.3) is 0 Å². The molecule has 1 aliphatic rings. The molecule has 122 valence electrons. The van der Waals surface area contributed by atoms with E-state index >= 15 is 0 Å². The summed E-state index contributed by atoms with van der Waals surface area (Å²) in [6.45, 7) is 8.99. The highest BCUT2D eigenvalue weighted by molar-refractivity contribution is 5.40. The first-order valence-electron chi connectivity index (χ1n) is 8.20. The van der Waals surface area contributed by atoms with E-state index in [2.05, 4.69) is 43.9 Å².